The van der Waals surface area contributed by atoms with Gasteiger partial charge >= 0.3 is 0 Å². The summed E-state index contributed by atoms with van der Waals surface area (Å²) >= 11 is 0. The molecule has 3 aromatic heterocycles. The molecule has 0 aliphatic carbocycles. The van der Waals surface area contributed by atoms with E-state index in [1.165, 1.54) is 0 Å². The van der Waals surface area contributed by atoms with Crippen molar-refractivity contribution in [1.82, 2.24) is 15.0 Å². The number of aromatic nitrogens is 3. The maximum atomic E-state index is 6.23. The maximum absolute atomic E-state index is 6.23. The van der Waals surface area contributed by atoms with Gasteiger partial charge in [-0.3, -0.25) is 0 Å². The molecule has 0 fully saturated rings. The topological polar surface area (TPSA) is 77.0 Å². The molecule has 48 heavy (non-hydrogen) atoms. The SMILES string of the molecule is C1=C(c2ccc(-c3nc(-c4ccccc4)nc(-c4cccc5oc6ccccc6c45)n3)c3ccccc23)c2c(oc3ccccc23)NC1. The summed E-state index contributed by atoms with van der Waals surface area (Å²) in [7, 11) is 0. The van der Waals surface area contributed by atoms with Crippen LogP contribution in [0.25, 0.3) is 83.4 Å². The van der Waals surface area contributed by atoms with E-state index in [0.717, 1.165) is 83.0 Å². The molecular weight excluding hydrogens is 592 g/mol. The summed E-state index contributed by atoms with van der Waals surface area (Å²) in [6.45, 7) is 0.684. The second-order valence-electron chi connectivity index (χ2n) is 12.0. The lowest BCUT2D eigenvalue weighted by Gasteiger charge is -2.18. The minimum atomic E-state index is 0.597. The molecule has 0 radical (unpaired) electrons. The van der Waals surface area contributed by atoms with Crippen molar-refractivity contribution in [3.63, 3.8) is 0 Å². The molecule has 0 saturated heterocycles. The number of para-hydroxylation sites is 2. The molecule has 6 heteroatoms. The normalized spacial score (nSPS) is 12.8. The summed E-state index contributed by atoms with van der Waals surface area (Å²) in [4.78, 5) is 15.4. The summed E-state index contributed by atoms with van der Waals surface area (Å²) in [6.07, 6.45) is 2.25. The van der Waals surface area contributed by atoms with Crippen molar-refractivity contribution in [3.05, 3.63) is 151 Å². The van der Waals surface area contributed by atoms with E-state index in [0.29, 0.717) is 24.0 Å². The largest absolute Gasteiger partial charge is 0.456 e. The van der Waals surface area contributed by atoms with Crippen LogP contribution in [0.4, 0.5) is 5.88 Å². The van der Waals surface area contributed by atoms with Crippen molar-refractivity contribution in [2.45, 2.75) is 0 Å². The average Bonchev–Trinajstić information content (AvgIpc) is 3.73. The van der Waals surface area contributed by atoms with Gasteiger partial charge in [0, 0.05) is 39.4 Å². The minimum absolute atomic E-state index is 0.597. The van der Waals surface area contributed by atoms with Crippen LogP contribution in [-0.4, -0.2) is 21.5 Å². The van der Waals surface area contributed by atoms with E-state index in [4.69, 9.17) is 23.8 Å². The van der Waals surface area contributed by atoms with Gasteiger partial charge in [0.1, 0.15) is 16.7 Å². The van der Waals surface area contributed by atoms with Crippen molar-refractivity contribution < 1.29 is 8.83 Å². The fourth-order valence-electron chi connectivity index (χ4n) is 7.05. The Bertz CT molecular complexity index is 2740. The minimum Gasteiger partial charge on any atom is -0.456 e. The van der Waals surface area contributed by atoms with E-state index in [2.05, 4.69) is 72.1 Å². The number of furan rings is 2. The fourth-order valence-corrected chi connectivity index (χ4v) is 7.05. The molecule has 1 aliphatic rings. The maximum Gasteiger partial charge on any atom is 0.202 e. The van der Waals surface area contributed by atoms with Gasteiger partial charge in [0.05, 0.1) is 5.56 Å². The first kappa shape index (κ1) is 26.7. The Kier molecular flexibility index (Phi) is 5.84. The van der Waals surface area contributed by atoms with Gasteiger partial charge in [0.2, 0.25) is 5.88 Å². The van der Waals surface area contributed by atoms with Gasteiger partial charge in [-0.1, -0.05) is 115 Å². The zero-order valence-corrected chi connectivity index (χ0v) is 25.6. The Morgan fingerprint density at radius 2 is 1.06 bits per heavy atom. The third kappa shape index (κ3) is 4.09. The van der Waals surface area contributed by atoms with Gasteiger partial charge in [-0.05, 0) is 46.2 Å². The van der Waals surface area contributed by atoms with Gasteiger partial charge < -0.3 is 14.2 Å². The first-order chi connectivity index (χ1) is 23.8. The highest BCUT2D eigenvalue weighted by Crippen LogP contribution is 2.44. The van der Waals surface area contributed by atoms with Crippen molar-refractivity contribution in [3.8, 4) is 34.2 Å². The highest BCUT2D eigenvalue weighted by molar-refractivity contribution is 6.12. The van der Waals surface area contributed by atoms with Crippen LogP contribution in [0.3, 0.4) is 0 Å². The molecule has 0 spiro atoms. The van der Waals surface area contributed by atoms with E-state index in [9.17, 15) is 0 Å². The van der Waals surface area contributed by atoms with Crippen LogP contribution in [0.5, 0.6) is 0 Å². The highest BCUT2D eigenvalue weighted by atomic mass is 16.4. The highest BCUT2D eigenvalue weighted by Gasteiger charge is 2.24. The number of nitrogens with one attached hydrogen (secondary N) is 1. The molecule has 6 aromatic carbocycles. The van der Waals surface area contributed by atoms with Crippen LogP contribution in [-0.2, 0) is 0 Å². The monoisotopic (exact) mass is 618 g/mol. The molecular formula is C42H26N4O2. The van der Waals surface area contributed by atoms with E-state index in [1.807, 2.05) is 72.8 Å². The molecule has 1 N–H and O–H groups in total. The number of hydrogen-bond donors (Lipinski definition) is 1. The summed E-state index contributed by atoms with van der Waals surface area (Å²) in [5, 5.41) is 8.72. The van der Waals surface area contributed by atoms with Gasteiger partial charge in [0.25, 0.3) is 0 Å². The van der Waals surface area contributed by atoms with Gasteiger partial charge in [-0.2, -0.15) is 0 Å². The smallest absolute Gasteiger partial charge is 0.202 e. The Morgan fingerprint density at radius 3 is 1.88 bits per heavy atom. The third-order valence-electron chi connectivity index (χ3n) is 9.20. The number of fused-ring (bicyclic) bond motifs is 7. The van der Waals surface area contributed by atoms with E-state index < -0.39 is 0 Å². The molecule has 0 unspecified atom stereocenters. The van der Waals surface area contributed by atoms with Crippen molar-refractivity contribution in [2.75, 3.05) is 11.9 Å². The standard InChI is InChI=1S/C42H26N4O2/c1-2-11-25(12-3-1)39-44-40(46-41(45-39)33-17-10-20-36-37(33)31-15-6-8-18-34(31)47-36)30-22-21-28(26-13-4-5-14-27(26)30)29-23-24-43-42-38(29)32-16-7-9-19-35(32)48-42/h1-23,43H,24H2. The Balaban J connectivity index is 1.21. The molecule has 226 valence electrons. The van der Waals surface area contributed by atoms with Crippen LogP contribution < -0.4 is 5.32 Å². The molecule has 0 atom stereocenters. The molecule has 9 aromatic rings. The predicted octanol–water partition coefficient (Wildman–Crippen LogP) is 10.5. The third-order valence-corrected chi connectivity index (χ3v) is 9.20. The summed E-state index contributed by atoms with van der Waals surface area (Å²) in [5.41, 5.74) is 8.64. The van der Waals surface area contributed by atoms with Crippen LogP contribution in [0.15, 0.2) is 148 Å². The Hall–Kier alpha value is -6.53. The second-order valence-corrected chi connectivity index (χ2v) is 12.0. The lowest BCUT2D eigenvalue weighted by molar-refractivity contribution is 0.627. The number of benzene rings is 6. The zero-order chi connectivity index (χ0) is 31.6. The average molecular weight is 619 g/mol. The first-order valence-electron chi connectivity index (χ1n) is 16.0. The molecule has 0 amide bonds. The number of nitrogens with zero attached hydrogens (tertiary/aromatic N) is 3. The summed E-state index contributed by atoms with van der Waals surface area (Å²) in [6, 6.07) is 45.3. The molecule has 1 aliphatic heterocycles. The van der Waals surface area contributed by atoms with Crippen LogP contribution in [0, 0.1) is 0 Å². The quantitative estimate of drug-likeness (QED) is 0.211. The van der Waals surface area contributed by atoms with Gasteiger partial charge in [-0.15, -0.1) is 0 Å². The zero-order valence-electron chi connectivity index (χ0n) is 25.6. The van der Waals surface area contributed by atoms with Crippen LogP contribution in [0.1, 0.15) is 11.1 Å². The summed E-state index contributed by atoms with van der Waals surface area (Å²) < 4.78 is 12.5. The second kappa shape index (κ2) is 10.5. The van der Waals surface area contributed by atoms with Crippen molar-refractivity contribution in [1.29, 1.82) is 0 Å². The molecule has 0 bridgehead atoms. The van der Waals surface area contributed by atoms with Gasteiger partial charge in [-0.25, -0.2) is 15.0 Å². The lowest BCUT2D eigenvalue weighted by atomic mass is 9.89. The lowest BCUT2D eigenvalue weighted by Crippen LogP contribution is -2.07. The van der Waals surface area contributed by atoms with E-state index in [1.54, 1.807) is 0 Å². The summed E-state index contributed by atoms with van der Waals surface area (Å²) in [5.74, 6) is 2.63. The Labute approximate surface area is 275 Å². The van der Waals surface area contributed by atoms with Crippen LogP contribution in [0.2, 0.25) is 0 Å². The predicted molar refractivity (Wildman–Crippen MR) is 193 cm³/mol. The van der Waals surface area contributed by atoms with Crippen molar-refractivity contribution in [2.24, 2.45) is 0 Å². The van der Waals surface area contributed by atoms with E-state index >= 15 is 0 Å². The molecule has 6 nitrogen and oxygen atoms in total. The number of anilines is 1. The van der Waals surface area contributed by atoms with Gasteiger partial charge in [0.15, 0.2) is 17.5 Å². The molecule has 4 heterocycles. The van der Waals surface area contributed by atoms with Crippen LogP contribution >= 0.6 is 0 Å². The molecule has 10 rings (SSSR count). The number of hydrogen-bond acceptors (Lipinski definition) is 6. The number of rotatable bonds is 4. The molecule has 0 saturated carbocycles. The Morgan fingerprint density at radius 1 is 0.458 bits per heavy atom. The van der Waals surface area contributed by atoms with E-state index in [-0.39, 0.29) is 0 Å². The first-order valence-corrected chi connectivity index (χ1v) is 16.0. The van der Waals surface area contributed by atoms with Crippen molar-refractivity contribution >= 4 is 55.1 Å². The fraction of sp³-hybridized carbons (Fsp3) is 0.0238.